The van der Waals surface area contributed by atoms with Crippen molar-refractivity contribution in [1.82, 2.24) is 0 Å². The van der Waals surface area contributed by atoms with Crippen molar-refractivity contribution in [2.75, 3.05) is 0 Å². The van der Waals surface area contributed by atoms with Crippen molar-refractivity contribution in [3.8, 4) is 0 Å². The SMILES string of the molecule is O=CCl.O=[N+]([O-])c1ccccc1[N+](=O)[O-]. The molecule has 1 rings (SSSR count). The summed E-state index contributed by atoms with van der Waals surface area (Å²) >= 11 is 4.32. The van der Waals surface area contributed by atoms with Crippen LogP contribution in [0, 0.1) is 20.2 Å². The number of nitrogens with zero attached hydrogens (tertiary/aromatic N) is 2. The van der Waals surface area contributed by atoms with Gasteiger partial charge in [0, 0.05) is 12.1 Å². The van der Waals surface area contributed by atoms with Crippen LogP contribution >= 0.6 is 11.6 Å². The quantitative estimate of drug-likeness (QED) is 0.335. The van der Waals surface area contributed by atoms with Crippen LogP contribution in [0.1, 0.15) is 0 Å². The second kappa shape index (κ2) is 6.44. The van der Waals surface area contributed by atoms with Crippen LogP contribution in [0.25, 0.3) is 0 Å². The molecule has 1 aromatic rings. The number of hydrogen-bond donors (Lipinski definition) is 0. The second-order valence-electron chi connectivity index (χ2n) is 2.09. The predicted molar refractivity (Wildman–Crippen MR) is 52.4 cm³/mol. The van der Waals surface area contributed by atoms with Crippen molar-refractivity contribution in [3.63, 3.8) is 0 Å². The fourth-order valence-electron chi connectivity index (χ4n) is 0.773. The Kier molecular flexibility index (Phi) is 5.57. The number of hydrogen-bond acceptors (Lipinski definition) is 5. The fourth-order valence-corrected chi connectivity index (χ4v) is 0.773. The summed E-state index contributed by atoms with van der Waals surface area (Å²) < 4.78 is 0. The summed E-state index contributed by atoms with van der Waals surface area (Å²) in [6.07, 6.45) is 0. The predicted octanol–water partition coefficient (Wildman–Crippen LogP) is 1.92. The molecule has 0 radical (unpaired) electrons. The number of carbonyl (C=O) groups excluding carboxylic acids is 1. The maximum absolute atomic E-state index is 10.2. The molecule has 0 unspecified atom stereocenters. The molecule has 1 aromatic carbocycles. The van der Waals surface area contributed by atoms with Crippen LogP contribution in [0.3, 0.4) is 0 Å². The molecule has 7 nitrogen and oxygen atoms in total. The van der Waals surface area contributed by atoms with Crippen molar-refractivity contribution in [3.05, 3.63) is 44.5 Å². The molecule has 0 atom stereocenters. The zero-order chi connectivity index (χ0) is 11.8. The molecule has 0 fully saturated rings. The summed E-state index contributed by atoms with van der Waals surface area (Å²) in [5, 5.41) is 20.5. The number of benzene rings is 1. The standard InChI is InChI=1S/C6H4N2O4.CHClO/c9-7(10)5-3-1-2-4-6(5)8(11)12;2-1-3/h1-4H;1H. The highest BCUT2D eigenvalue weighted by Crippen LogP contribution is 2.24. The summed E-state index contributed by atoms with van der Waals surface area (Å²) in [6, 6.07) is 4.95. The van der Waals surface area contributed by atoms with Gasteiger partial charge in [-0.1, -0.05) is 12.1 Å². The van der Waals surface area contributed by atoms with Crippen LogP contribution in [0.4, 0.5) is 11.4 Å². The summed E-state index contributed by atoms with van der Waals surface area (Å²) in [5.41, 5.74) is -0.968. The zero-order valence-electron chi connectivity index (χ0n) is 7.20. The highest BCUT2D eigenvalue weighted by molar-refractivity contribution is 6.54. The third-order valence-electron chi connectivity index (χ3n) is 1.28. The lowest BCUT2D eigenvalue weighted by Gasteiger charge is -1.91. The van der Waals surface area contributed by atoms with Gasteiger partial charge in [0.1, 0.15) is 0 Å². The van der Waals surface area contributed by atoms with Crippen molar-refractivity contribution in [1.29, 1.82) is 0 Å². The minimum Gasteiger partial charge on any atom is -0.285 e. The average molecular weight is 233 g/mol. The normalized spacial score (nSPS) is 8.33. The minimum absolute atomic E-state index is 0.222. The third kappa shape index (κ3) is 4.14. The Morgan fingerprint density at radius 3 is 1.53 bits per heavy atom. The van der Waals surface area contributed by atoms with E-state index in [9.17, 15) is 20.2 Å². The molecule has 0 saturated carbocycles. The Morgan fingerprint density at radius 2 is 1.33 bits per heavy atom. The molecule has 0 bridgehead atoms. The molecular weight excluding hydrogens is 228 g/mol. The van der Waals surface area contributed by atoms with Gasteiger partial charge >= 0.3 is 11.4 Å². The topological polar surface area (TPSA) is 103 Å². The molecule has 0 amide bonds. The smallest absolute Gasteiger partial charge is 0.285 e. The molecule has 80 valence electrons. The van der Waals surface area contributed by atoms with Crippen molar-refractivity contribution < 1.29 is 14.6 Å². The summed E-state index contributed by atoms with van der Waals surface area (Å²) in [4.78, 5) is 27.5. The van der Waals surface area contributed by atoms with Crippen LogP contribution in [-0.4, -0.2) is 15.6 Å². The maximum Gasteiger partial charge on any atom is 0.346 e. The first kappa shape index (κ1) is 13.0. The van der Waals surface area contributed by atoms with Gasteiger partial charge in [0.2, 0.25) is 5.75 Å². The van der Waals surface area contributed by atoms with Crippen LogP contribution in [0.15, 0.2) is 24.3 Å². The van der Waals surface area contributed by atoms with Crippen LogP contribution in [0.2, 0.25) is 0 Å². The zero-order valence-corrected chi connectivity index (χ0v) is 7.96. The molecule has 0 spiro atoms. The molecule has 0 aromatic heterocycles. The van der Waals surface area contributed by atoms with E-state index in [1.54, 1.807) is 0 Å². The molecule has 15 heavy (non-hydrogen) atoms. The number of para-hydroxylation sites is 2. The van der Waals surface area contributed by atoms with E-state index in [1.807, 2.05) is 0 Å². The van der Waals surface area contributed by atoms with Gasteiger partial charge in [0.15, 0.2) is 0 Å². The van der Waals surface area contributed by atoms with Gasteiger partial charge in [-0.2, -0.15) is 0 Å². The van der Waals surface area contributed by atoms with Crippen LogP contribution in [-0.2, 0) is 4.79 Å². The van der Waals surface area contributed by atoms with E-state index < -0.39 is 21.2 Å². The fraction of sp³-hybridized carbons (Fsp3) is 0. The van der Waals surface area contributed by atoms with Crippen LogP contribution in [0.5, 0.6) is 0 Å². The number of rotatable bonds is 2. The van der Waals surface area contributed by atoms with Gasteiger partial charge in [-0.25, -0.2) is 0 Å². The monoisotopic (exact) mass is 232 g/mol. The summed E-state index contributed by atoms with van der Waals surface area (Å²) in [7, 11) is 0. The van der Waals surface area contributed by atoms with Gasteiger partial charge in [-0.15, -0.1) is 0 Å². The van der Waals surface area contributed by atoms with Crippen LogP contribution < -0.4 is 0 Å². The van der Waals surface area contributed by atoms with E-state index in [1.165, 1.54) is 12.1 Å². The highest BCUT2D eigenvalue weighted by Gasteiger charge is 2.21. The lowest BCUT2D eigenvalue weighted by molar-refractivity contribution is -0.422. The Labute approximate surface area is 88.6 Å². The maximum atomic E-state index is 10.2. The molecule has 0 aliphatic heterocycles. The van der Waals surface area contributed by atoms with E-state index in [4.69, 9.17) is 4.79 Å². The molecule has 8 heteroatoms. The van der Waals surface area contributed by atoms with Gasteiger partial charge < -0.3 is 0 Å². The first-order valence-electron chi connectivity index (χ1n) is 3.46. The lowest BCUT2D eigenvalue weighted by Crippen LogP contribution is -1.95. The largest absolute Gasteiger partial charge is 0.346 e. The van der Waals surface area contributed by atoms with Crippen molar-refractivity contribution in [2.24, 2.45) is 0 Å². The summed E-state index contributed by atoms with van der Waals surface area (Å²) in [5.74, 6) is 0.222. The Morgan fingerprint density at radius 1 is 1.07 bits per heavy atom. The molecule has 0 saturated heterocycles. The Hall–Kier alpha value is -2.02. The van der Waals surface area contributed by atoms with E-state index in [0.29, 0.717) is 0 Å². The Balaban J connectivity index is 0.000000583. The first-order chi connectivity index (χ1) is 7.04. The molecule has 0 N–H and O–H groups in total. The number of halogens is 1. The van der Waals surface area contributed by atoms with E-state index >= 15 is 0 Å². The number of nitro benzene ring substituents is 2. The van der Waals surface area contributed by atoms with Crippen molar-refractivity contribution in [2.45, 2.75) is 0 Å². The average Bonchev–Trinajstić information content (AvgIpc) is 2.19. The number of nitro groups is 2. The highest BCUT2D eigenvalue weighted by atomic mass is 35.5. The van der Waals surface area contributed by atoms with Gasteiger partial charge in [0.25, 0.3) is 0 Å². The van der Waals surface area contributed by atoms with Gasteiger partial charge in [-0.3, -0.25) is 25.0 Å². The molecule has 0 aliphatic rings. The number of carbonyl (C=O) groups is 1. The Bertz CT molecular complexity index is 348. The molecule has 0 aliphatic carbocycles. The lowest BCUT2D eigenvalue weighted by atomic mass is 10.3. The molecular formula is C7H5ClN2O5. The van der Waals surface area contributed by atoms with E-state index in [0.717, 1.165) is 12.1 Å². The molecule has 0 heterocycles. The first-order valence-corrected chi connectivity index (χ1v) is 3.90. The van der Waals surface area contributed by atoms with Crippen molar-refractivity contribution >= 4 is 28.7 Å². The summed E-state index contributed by atoms with van der Waals surface area (Å²) in [6.45, 7) is 0. The second-order valence-corrected chi connectivity index (χ2v) is 2.27. The minimum atomic E-state index is -0.780. The van der Waals surface area contributed by atoms with E-state index in [-0.39, 0.29) is 5.75 Å². The van der Waals surface area contributed by atoms with E-state index in [2.05, 4.69) is 11.6 Å². The van der Waals surface area contributed by atoms with Gasteiger partial charge in [0.05, 0.1) is 9.85 Å². The third-order valence-corrected chi connectivity index (χ3v) is 1.28. The van der Waals surface area contributed by atoms with Gasteiger partial charge in [-0.05, 0) is 11.6 Å².